The fraction of sp³-hybridized carbons (Fsp3) is 0.346. The van der Waals surface area contributed by atoms with Crippen LogP contribution in [0.4, 0.5) is 0 Å². The van der Waals surface area contributed by atoms with Gasteiger partial charge in [0.15, 0.2) is 0 Å². The molecule has 6 heteroatoms. The predicted octanol–water partition coefficient (Wildman–Crippen LogP) is 5.78. The molecule has 0 spiro atoms. The van der Waals surface area contributed by atoms with E-state index < -0.39 is 0 Å². The first kappa shape index (κ1) is 24.2. The summed E-state index contributed by atoms with van der Waals surface area (Å²) >= 11 is 7.65. The highest BCUT2D eigenvalue weighted by atomic mass is 32.2. The molecule has 1 aliphatic heterocycles. The van der Waals surface area contributed by atoms with Crippen molar-refractivity contribution in [1.82, 2.24) is 9.80 Å². The Labute approximate surface area is 200 Å². The number of carbonyl (C=O) groups is 2. The first-order chi connectivity index (χ1) is 15.4. The fourth-order valence-corrected chi connectivity index (χ4v) is 6.50. The maximum Gasteiger partial charge on any atom is 0.224 e. The number of hydrogen-bond donors (Lipinski definition) is 0. The van der Waals surface area contributed by atoms with Crippen LogP contribution in [-0.4, -0.2) is 39.7 Å². The molecule has 3 rings (SSSR count). The van der Waals surface area contributed by atoms with Crippen LogP contribution in [0.25, 0.3) is 0 Å². The molecule has 2 amide bonds. The third-order valence-electron chi connectivity index (χ3n) is 5.81. The van der Waals surface area contributed by atoms with Crippen molar-refractivity contribution < 1.29 is 9.59 Å². The van der Waals surface area contributed by atoms with E-state index in [4.69, 9.17) is 12.2 Å². The Morgan fingerprint density at radius 2 is 1.44 bits per heavy atom. The molecule has 2 aromatic rings. The molecule has 0 aromatic heterocycles. The van der Waals surface area contributed by atoms with Crippen LogP contribution >= 0.6 is 24.0 Å². The highest BCUT2D eigenvalue weighted by Crippen LogP contribution is 2.53. The molecule has 0 saturated heterocycles. The van der Waals surface area contributed by atoms with Gasteiger partial charge in [0.1, 0.15) is 0 Å². The van der Waals surface area contributed by atoms with E-state index in [0.717, 1.165) is 16.2 Å². The Morgan fingerprint density at radius 3 is 1.91 bits per heavy atom. The monoisotopic (exact) mass is 466 g/mol. The smallest absolute Gasteiger partial charge is 0.224 e. The Morgan fingerprint density at radius 1 is 0.875 bits per heavy atom. The number of carbonyl (C=O) groups excluding carboxylic acids is 2. The summed E-state index contributed by atoms with van der Waals surface area (Å²) in [6.07, 6.45) is 2.16. The molecule has 2 aromatic carbocycles. The summed E-state index contributed by atoms with van der Waals surface area (Å²) in [5, 5.41) is 0.906. The van der Waals surface area contributed by atoms with Gasteiger partial charge in [0.05, 0.1) is 10.0 Å². The van der Waals surface area contributed by atoms with E-state index >= 15 is 0 Å². The molecular formula is C26H30N2O2S2. The molecule has 0 saturated carbocycles. The third kappa shape index (κ3) is 5.13. The fourth-order valence-electron chi connectivity index (χ4n) is 4.27. The lowest BCUT2D eigenvalue weighted by molar-refractivity contribution is -0.126. The molecule has 168 valence electrons. The van der Waals surface area contributed by atoms with E-state index in [1.165, 1.54) is 0 Å². The van der Waals surface area contributed by atoms with Gasteiger partial charge < -0.3 is 9.80 Å². The molecule has 0 unspecified atom stereocenters. The van der Waals surface area contributed by atoms with Crippen LogP contribution in [0.1, 0.15) is 50.0 Å². The van der Waals surface area contributed by atoms with Crippen molar-refractivity contribution in [3.63, 3.8) is 0 Å². The quantitative estimate of drug-likeness (QED) is 0.506. The summed E-state index contributed by atoms with van der Waals surface area (Å²) in [7, 11) is 0. The largest absolute Gasteiger partial charge is 0.308 e. The topological polar surface area (TPSA) is 40.6 Å². The van der Waals surface area contributed by atoms with Gasteiger partial charge in [-0.3, -0.25) is 9.59 Å². The molecule has 0 N–H and O–H groups in total. The van der Waals surface area contributed by atoms with Crippen LogP contribution in [0.15, 0.2) is 71.8 Å². The van der Waals surface area contributed by atoms with Gasteiger partial charge in [-0.05, 0) is 31.1 Å². The summed E-state index contributed by atoms with van der Waals surface area (Å²) < 4.78 is 0. The number of amides is 2. The number of benzene rings is 2. The second-order valence-electron chi connectivity index (χ2n) is 7.78. The predicted molar refractivity (Wildman–Crippen MR) is 136 cm³/mol. The first-order valence-electron chi connectivity index (χ1n) is 11.0. The summed E-state index contributed by atoms with van der Waals surface area (Å²) in [4.78, 5) is 29.0. The van der Waals surface area contributed by atoms with Crippen molar-refractivity contribution >= 4 is 40.8 Å². The molecular weight excluding hydrogens is 436 g/mol. The number of rotatable bonds is 6. The lowest BCUT2D eigenvalue weighted by atomic mass is 9.80. The van der Waals surface area contributed by atoms with Crippen LogP contribution in [0.3, 0.4) is 0 Å². The Kier molecular flexibility index (Phi) is 8.26. The molecule has 4 nitrogen and oxygen atoms in total. The average Bonchev–Trinajstić information content (AvgIpc) is 2.80. The standard InChI is InChI=1S/C26H30N2O2S2/c1-5-27(18(3)29)23-17-22(20-13-9-7-10-14-20)24(26(31)28(6-2)19(4)30)25(32-23)21-15-11-8-12-16-21/h7-17,22,24-25H,5-6H2,1-4H3/t22-,24+,25-/m0/s1. The highest BCUT2D eigenvalue weighted by Gasteiger charge is 2.41. The molecule has 0 radical (unpaired) electrons. The van der Waals surface area contributed by atoms with Gasteiger partial charge in [-0.15, -0.1) is 0 Å². The zero-order valence-electron chi connectivity index (χ0n) is 19.0. The van der Waals surface area contributed by atoms with Gasteiger partial charge in [-0.2, -0.15) is 0 Å². The maximum atomic E-state index is 12.4. The van der Waals surface area contributed by atoms with Crippen molar-refractivity contribution in [2.24, 2.45) is 5.92 Å². The molecule has 32 heavy (non-hydrogen) atoms. The second-order valence-corrected chi connectivity index (χ2v) is 9.36. The minimum Gasteiger partial charge on any atom is -0.308 e. The molecule has 0 bridgehead atoms. The first-order valence-corrected chi connectivity index (χ1v) is 12.3. The van der Waals surface area contributed by atoms with E-state index in [9.17, 15) is 9.59 Å². The average molecular weight is 467 g/mol. The van der Waals surface area contributed by atoms with Gasteiger partial charge in [0.25, 0.3) is 0 Å². The van der Waals surface area contributed by atoms with Crippen molar-refractivity contribution in [2.75, 3.05) is 13.1 Å². The number of thioether (sulfide) groups is 1. The SMILES string of the molecule is CCN(C(C)=O)C(=S)[C@@H]1[C@H](c2ccccc2)C=C(N(CC)C(C)=O)S[C@H]1c1ccccc1. The van der Waals surface area contributed by atoms with E-state index in [0.29, 0.717) is 18.1 Å². The van der Waals surface area contributed by atoms with Crippen molar-refractivity contribution in [3.8, 4) is 0 Å². The van der Waals surface area contributed by atoms with Crippen LogP contribution in [0.5, 0.6) is 0 Å². The van der Waals surface area contributed by atoms with Crippen molar-refractivity contribution in [3.05, 3.63) is 82.9 Å². The Bertz CT molecular complexity index is 991. The van der Waals surface area contributed by atoms with E-state index in [1.807, 2.05) is 55.1 Å². The van der Waals surface area contributed by atoms with Crippen LogP contribution in [-0.2, 0) is 9.59 Å². The lowest BCUT2D eigenvalue weighted by Gasteiger charge is -2.41. The van der Waals surface area contributed by atoms with E-state index in [1.54, 1.807) is 30.5 Å². The Hall–Kier alpha value is -2.44. The minimum atomic E-state index is -0.113. The van der Waals surface area contributed by atoms with Crippen LogP contribution in [0, 0.1) is 5.92 Å². The zero-order chi connectivity index (χ0) is 23.3. The van der Waals surface area contributed by atoms with E-state index in [-0.39, 0.29) is 28.9 Å². The van der Waals surface area contributed by atoms with Gasteiger partial charge in [0.2, 0.25) is 11.8 Å². The summed E-state index contributed by atoms with van der Waals surface area (Å²) in [6.45, 7) is 8.24. The van der Waals surface area contributed by atoms with Gasteiger partial charge in [-0.1, -0.05) is 84.6 Å². The van der Waals surface area contributed by atoms with Gasteiger partial charge >= 0.3 is 0 Å². The second kappa shape index (κ2) is 10.9. The van der Waals surface area contributed by atoms with Crippen molar-refractivity contribution in [1.29, 1.82) is 0 Å². The summed E-state index contributed by atoms with van der Waals surface area (Å²) in [6, 6.07) is 20.5. The minimum absolute atomic E-state index is 0.0184. The number of allylic oxidation sites excluding steroid dienone is 1. The number of nitrogens with zero attached hydrogens (tertiary/aromatic N) is 2. The van der Waals surface area contributed by atoms with E-state index in [2.05, 4.69) is 30.3 Å². The number of thiocarbonyl (C=S) groups is 1. The molecule has 0 aliphatic carbocycles. The molecule has 0 fully saturated rings. The van der Waals surface area contributed by atoms with Crippen LogP contribution in [0.2, 0.25) is 0 Å². The summed E-state index contributed by atoms with van der Waals surface area (Å²) in [5.41, 5.74) is 2.26. The summed E-state index contributed by atoms with van der Waals surface area (Å²) in [5.74, 6) is -0.204. The highest BCUT2D eigenvalue weighted by molar-refractivity contribution is 8.03. The zero-order valence-corrected chi connectivity index (χ0v) is 20.7. The molecule has 3 atom stereocenters. The van der Waals surface area contributed by atoms with Gasteiger partial charge in [0, 0.05) is 44.0 Å². The van der Waals surface area contributed by atoms with Gasteiger partial charge in [-0.25, -0.2) is 0 Å². The number of hydrogen-bond acceptors (Lipinski definition) is 4. The molecule has 1 heterocycles. The lowest BCUT2D eigenvalue weighted by Crippen LogP contribution is -2.43. The third-order valence-corrected chi connectivity index (χ3v) is 7.72. The Balaban J connectivity index is 2.21. The van der Waals surface area contributed by atoms with Crippen LogP contribution < -0.4 is 0 Å². The normalized spacial score (nSPS) is 20.2. The molecule has 1 aliphatic rings. The maximum absolute atomic E-state index is 12.4. The van der Waals surface area contributed by atoms with Crippen molar-refractivity contribution in [2.45, 2.75) is 38.9 Å².